The zero-order valence-electron chi connectivity index (χ0n) is 7.61. The molecule has 0 amide bonds. The number of rotatable bonds is 4. The van der Waals surface area contributed by atoms with Crippen LogP contribution in [0.4, 0.5) is 14.6 Å². The van der Waals surface area contributed by atoms with Crippen molar-refractivity contribution in [1.82, 2.24) is 9.97 Å². The molecule has 0 aliphatic carbocycles. The highest BCUT2D eigenvalue weighted by molar-refractivity contribution is 5.31. The summed E-state index contributed by atoms with van der Waals surface area (Å²) in [5.41, 5.74) is 0.682. The Morgan fingerprint density at radius 1 is 1.50 bits per heavy atom. The van der Waals surface area contributed by atoms with Crippen molar-refractivity contribution in [2.24, 2.45) is 0 Å². The molecule has 1 aromatic rings. The topological polar surface area (TPSA) is 58.0 Å². The van der Waals surface area contributed by atoms with Gasteiger partial charge in [0.25, 0.3) is 6.43 Å². The highest BCUT2D eigenvalue weighted by Gasteiger charge is 2.16. The van der Waals surface area contributed by atoms with Gasteiger partial charge in [0.05, 0.1) is 11.9 Å². The van der Waals surface area contributed by atoms with Crippen LogP contribution >= 0.6 is 0 Å². The van der Waals surface area contributed by atoms with Crippen molar-refractivity contribution in [3.8, 4) is 0 Å². The van der Waals surface area contributed by atoms with Crippen molar-refractivity contribution < 1.29 is 13.9 Å². The Balaban J connectivity index is 2.45. The van der Waals surface area contributed by atoms with E-state index in [-0.39, 0.29) is 6.54 Å². The van der Waals surface area contributed by atoms with Gasteiger partial charge in [-0.15, -0.1) is 0 Å². The van der Waals surface area contributed by atoms with Crippen molar-refractivity contribution in [1.29, 1.82) is 0 Å². The van der Waals surface area contributed by atoms with Crippen LogP contribution in [0.25, 0.3) is 0 Å². The van der Waals surface area contributed by atoms with Gasteiger partial charge in [-0.25, -0.2) is 13.8 Å². The first-order valence-corrected chi connectivity index (χ1v) is 4.08. The molecule has 78 valence electrons. The van der Waals surface area contributed by atoms with E-state index in [4.69, 9.17) is 5.11 Å². The lowest BCUT2D eigenvalue weighted by atomic mass is 10.3. The summed E-state index contributed by atoms with van der Waals surface area (Å²) in [6.45, 7) is 1.50. The number of aryl methyl sites for hydroxylation is 1. The first-order valence-electron chi connectivity index (χ1n) is 4.08. The van der Waals surface area contributed by atoms with E-state index in [0.717, 1.165) is 0 Å². The lowest BCUT2D eigenvalue weighted by Gasteiger charge is -2.10. The van der Waals surface area contributed by atoms with E-state index in [9.17, 15) is 8.78 Å². The van der Waals surface area contributed by atoms with Crippen LogP contribution in [0, 0.1) is 6.92 Å². The zero-order valence-corrected chi connectivity index (χ0v) is 7.61. The average molecular weight is 203 g/mol. The number of halogens is 2. The summed E-state index contributed by atoms with van der Waals surface area (Å²) in [4.78, 5) is 7.79. The largest absolute Gasteiger partial charge is 0.385 e. The summed E-state index contributed by atoms with van der Waals surface area (Å²) in [7, 11) is 0. The molecule has 1 heterocycles. The molecule has 0 radical (unpaired) electrons. The predicted octanol–water partition coefficient (Wildman–Crippen LogP) is 0.823. The van der Waals surface area contributed by atoms with Gasteiger partial charge >= 0.3 is 0 Å². The second-order valence-electron chi connectivity index (χ2n) is 2.83. The quantitative estimate of drug-likeness (QED) is 0.760. The fourth-order valence-electron chi connectivity index (χ4n) is 0.847. The summed E-state index contributed by atoms with van der Waals surface area (Å²) in [6.07, 6.45) is -1.47. The third kappa shape index (κ3) is 3.21. The standard InChI is InChI=1S/C8H11F2N3O/c1-5-2-11-4-7(13-5)12-3-6(14)8(9)10/h2,4,6,8,14H,3H2,1H3,(H,12,13). The zero-order chi connectivity index (χ0) is 10.6. The smallest absolute Gasteiger partial charge is 0.265 e. The molecule has 6 heteroatoms. The summed E-state index contributed by atoms with van der Waals surface area (Å²) in [5.74, 6) is 0.379. The van der Waals surface area contributed by atoms with Crippen molar-refractivity contribution in [2.45, 2.75) is 19.5 Å². The Bertz CT molecular complexity index is 296. The Hall–Kier alpha value is -1.30. The fourth-order valence-corrected chi connectivity index (χ4v) is 0.847. The molecular formula is C8H11F2N3O. The molecule has 0 aliphatic rings. The predicted molar refractivity (Wildman–Crippen MR) is 47.3 cm³/mol. The van der Waals surface area contributed by atoms with Crippen LogP contribution in [0.1, 0.15) is 5.69 Å². The third-order valence-corrected chi connectivity index (χ3v) is 1.54. The highest BCUT2D eigenvalue weighted by Crippen LogP contribution is 2.04. The Morgan fingerprint density at radius 2 is 2.21 bits per heavy atom. The van der Waals surface area contributed by atoms with E-state index in [1.54, 1.807) is 13.1 Å². The van der Waals surface area contributed by atoms with Gasteiger partial charge in [0.1, 0.15) is 11.9 Å². The number of alkyl halides is 2. The molecule has 0 aromatic carbocycles. The Morgan fingerprint density at radius 3 is 2.79 bits per heavy atom. The van der Waals surface area contributed by atoms with Gasteiger partial charge in [0, 0.05) is 12.7 Å². The maximum absolute atomic E-state index is 11.9. The molecule has 4 nitrogen and oxygen atoms in total. The summed E-state index contributed by atoms with van der Waals surface area (Å²) in [5, 5.41) is 11.4. The van der Waals surface area contributed by atoms with Crippen LogP contribution in [0.3, 0.4) is 0 Å². The van der Waals surface area contributed by atoms with E-state index in [1.807, 2.05) is 0 Å². The van der Waals surface area contributed by atoms with Crippen LogP contribution in [-0.2, 0) is 0 Å². The number of nitrogens with zero attached hydrogens (tertiary/aromatic N) is 2. The molecule has 1 unspecified atom stereocenters. The molecule has 1 aromatic heterocycles. The van der Waals surface area contributed by atoms with Crippen molar-refractivity contribution in [3.05, 3.63) is 18.1 Å². The van der Waals surface area contributed by atoms with Crippen molar-refractivity contribution >= 4 is 5.82 Å². The number of aromatic nitrogens is 2. The molecule has 1 rings (SSSR count). The average Bonchev–Trinajstić information content (AvgIpc) is 2.14. The van der Waals surface area contributed by atoms with Gasteiger partial charge in [0.2, 0.25) is 0 Å². The van der Waals surface area contributed by atoms with E-state index in [2.05, 4.69) is 15.3 Å². The Labute approximate surface area is 80.0 Å². The molecule has 0 bridgehead atoms. The van der Waals surface area contributed by atoms with Gasteiger partial charge in [-0.1, -0.05) is 0 Å². The highest BCUT2D eigenvalue weighted by atomic mass is 19.3. The second kappa shape index (κ2) is 4.80. The van der Waals surface area contributed by atoms with Gasteiger partial charge in [0.15, 0.2) is 0 Å². The van der Waals surface area contributed by atoms with E-state index in [1.165, 1.54) is 6.20 Å². The SMILES string of the molecule is Cc1cncc(NCC(O)C(F)F)n1. The number of hydrogen-bond donors (Lipinski definition) is 2. The lowest BCUT2D eigenvalue weighted by molar-refractivity contribution is 0.00380. The number of aliphatic hydroxyl groups excluding tert-OH is 1. The lowest BCUT2D eigenvalue weighted by Crippen LogP contribution is -2.27. The van der Waals surface area contributed by atoms with E-state index >= 15 is 0 Å². The van der Waals surface area contributed by atoms with E-state index in [0.29, 0.717) is 11.5 Å². The molecular weight excluding hydrogens is 192 g/mol. The minimum Gasteiger partial charge on any atom is -0.385 e. The van der Waals surface area contributed by atoms with Crippen LogP contribution < -0.4 is 5.32 Å². The monoisotopic (exact) mass is 203 g/mol. The molecule has 0 aliphatic heterocycles. The summed E-state index contributed by atoms with van der Waals surface area (Å²) >= 11 is 0. The van der Waals surface area contributed by atoms with Gasteiger partial charge in [-0.3, -0.25) is 4.98 Å². The second-order valence-corrected chi connectivity index (χ2v) is 2.83. The normalized spacial score (nSPS) is 12.9. The van der Waals surface area contributed by atoms with Gasteiger partial charge < -0.3 is 10.4 Å². The van der Waals surface area contributed by atoms with Crippen LogP contribution in [0.5, 0.6) is 0 Å². The van der Waals surface area contributed by atoms with Crippen LogP contribution in [0.15, 0.2) is 12.4 Å². The van der Waals surface area contributed by atoms with E-state index < -0.39 is 12.5 Å². The van der Waals surface area contributed by atoms with Crippen LogP contribution in [0.2, 0.25) is 0 Å². The summed E-state index contributed by atoms with van der Waals surface area (Å²) < 4.78 is 23.8. The Kier molecular flexibility index (Phi) is 3.70. The molecule has 0 fully saturated rings. The third-order valence-electron chi connectivity index (χ3n) is 1.54. The first-order chi connectivity index (χ1) is 6.59. The van der Waals surface area contributed by atoms with Crippen molar-refractivity contribution in [3.63, 3.8) is 0 Å². The minimum atomic E-state index is -2.75. The molecule has 1 atom stereocenters. The van der Waals surface area contributed by atoms with Gasteiger partial charge in [-0.2, -0.15) is 0 Å². The molecule has 0 saturated carbocycles. The van der Waals surface area contributed by atoms with Crippen molar-refractivity contribution in [2.75, 3.05) is 11.9 Å². The molecule has 0 saturated heterocycles. The number of anilines is 1. The number of hydrogen-bond acceptors (Lipinski definition) is 4. The number of aliphatic hydroxyl groups is 1. The maximum atomic E-state index is 11.9. The fraction of sp³-hybridized carbons (Fsp3) is 0.500. The number of nitrogens with one attached hydrogen (secondary N) is 1. The first kappa shape index (κ1) is 10.8. The molecule has 0 spiro atoms. The van der Waals surface area contributed by atoms with Crippen LogP contribution in [-0.4, -0.2) is 34.1 Å². The summed E-state index contributed by atoms with van der Waals surface area (Å²) in [6, 6.07) is 0. The molecule has 14 heavy (non-hydrogen) atoms. The molecule has 2 N–H and O–H groups in total. The van der Waals surface area contributed by atoms with Gasteiger partial charge in [-0.05, 0) is 6.92 Å². The minimum absolute atomic E-state index is 0.240. The maximum Gasteiger partial charge on any atom is 0.265 e.